The predicted octanol–water partition coefficient (Wildman–Crippen LogP) is 0.666. The molecular formula is C11H18N2O2. The van der Waals surface area contributed by atoms with Gasteiger partial charge in [0.1, 0.15) is 12.1 Å². The third-order valence-corrected chi connectivity index (χ3v) is 3.30. The monoisotopic (exact) mass is 210 g/mol. The van der Waals surface area contributed by atoms with Crippen molar-refractivity contribution < 1.29 is 9.59 Å². The van der Waals surface area contributed by atoms with Crippen molar-refractivity contribution in [3.05, 3.63) is 0 Å². The lowest BCUT2D eigenvalue weighted by Gasteiger charge is -2.34. The van der Waals surface area contributed by atoms with Crippen molar-refractivity contribution in [2.45, 2.75) is 51.1 Å². The van der Waals surface area contributed by atoms with E-state index in [0.29, 0.717) is 0 Å². The molecule has 0 aromatic carbocycles. The molecule has 1 N–H and O–H groups in total. The van der Waals surface area contributed by atoms with E-state index in [1.165, 1.54) is 0 Å². The first-order chi connectivity index (χ1) is 7.24. The summed E-state index contributed by atoms with van der Waals surface area (Å²) in [4.78, 5) is 25.4. The second kappa shape index (κ2) is 4.21. The van der Waals surface area contributed by atoms with Crippen molar-refractivity contribution in [3.63, 3.8) is 0 Å². The van der Waals surface area contributed by atoms with Gasteiger partial charge in [-0.3, -0.25) is 9.59 Å². The maximum atomic E-state index is 12.0. The third-order valence-electron chi connectivity index (χ3n) is 3.30. The Balaban J connectivity index is 2.03. The number of rotatable bonds is 3. The quantitative estimate of drug-likeness (QED) is 0.744. The molecule has 2 saturated heterocycles. The largest absolute Gasteiger partial charge is 0.343 e. The summed E-state index contributed by atoms with van der Waals surface area (Å²) in [7, 11) is 0. The number of nitrogens with one attached hydrogen (secondary N) is 1. The summed E-state index contributed by atoms with van der Waals surface area (Å²) < 4.78 is 0. The molecule has 15 heavy (non-hydrogen) atoms. The molecule has 2 aliphatic heterocycles. The minimum absolute atomic E-state index is 0.0493. The van der Waals surface area contributed by atoms with Crippen LogP contribution in [0.25, 0.3) is 0 Å². The summed E-state index contributed by atoms with van der Waals surface area (Å²) in [6, 6.07) is -0.429. The average molecular weight is 210 g/mol. The van der Waals surface area contributed by atoms with Gasteiger partial charge in [-0.2, -0.15) is 0 Å². The van der Waals surface area contributed by atoms with Crippen LogP contribution in [0.3, 0.4) is 0 Å². The van der Waals surface area contributed by atoms with Gasteiger partial charge in [0.25, 0.3) is 0 Å². The highest BCUT2D eigenvalue weighted by Gasteiger charge is 2.42. The second-order valence-corrected chi connectivity index (χ2v) is 4.39. The molecule has 0 radical (unpaired) electrons. The van der Waals surface area contributed by atoms with Crippen molar-refractivity contribution in [2.24, 2.45) is 0 Å². The maximum absolute atomic E-state index is 12.0. The zero-order valence-electron chi connectivity index (χ0n) is 9.16. The summed E-state index contributed by atoms with van der Waals surface area (Å²) in [5.41, 5.74) is 0. The molecule has 0 aromatic rings. The second-order valence-electron chi connectivity index (χ2n) is 4.39. The number of carbonyl (C=O) groups is 2. The lowest BCUT2D eigenvalue weighted by molar-refractivity contribution is -0.147. The van der Waals surface area contributed by atoms with Gasteiger partial charge in [0, 0.05) is 6.54 Å². The van der Waals surface area contributed by atoms with Crippen LogP contribution in [0.4, 0.5) is 0 Å². The zero-order chi connectivity index (χ0) is 10.8. The highest BCUT2D eigenvalue weighted by atomic mass is 16.2. The Bertz CT molecular complexity index is 278. The summed E-state index contributed by atoms with van der Waals surface area (Å²) in [5, 5.41) is 2.84. The van der Waals surface area contributed by atoms with E-state index in [-0.39, 0.29) is 23.9 Å². The number of unbranched alkanes of at least 4 members (excludes halogenated alkanes) is 1. The third kappa shape index (κ3) is 1.85. The van der Waals surface area contributed by atoms with Crippen LogP contribution in [0.1, 0.15) is 39.0 Å². The maximum Gasteiger partial charge on any atom is 0.245 e. The van der Waals surface area contributed by atoms with Crippen LogP contribution in [0.5, 0.6) is 0 Å². The Morgan fingerprint density at radius 3 is 3.00 bits per heavy atom. The Kier molecular flexibility index (Phi) is 2.93. The van der Waals surface area contributed by atoms with Crippen molar-refractivity contribution in [3.8, 4) is 0 Å². The molecule has 84 valence electrons. The molecule has 2 heterocycles. The number of fused-ring (bicyclic) bond motifs is 1. The molecule has 2 fully saturated rings. The summed E-state index contributed by atoms with van der Waals surface area (Å²) in [5.74, 6) is 0.179. The lowest BCUT2D eigenvalue weighted by Crippen LogP contribution is -2.60. The van der Waals surface area contributed by atoms with Crippen LogP contribution in [0, 0.1) is 0 Å². The van der Waals surface area contributed by atoms with Crippen molar-refractivity contribution in [2.75, 3.05) is 6.54 Å². The lowest BCUT2D eigenvalue weighted by atomic mass is 10.0. The first-order valence-electron chi connectivity index (χ1n) is 5.85. The summed E-state index contributed by atoms with van der Waals surface area (Å²) in [6.07, 6.45) is 4.63. The van der Waals surface area contributed by atoms with Gasteiger partial charge in [0.15, 0.2) is 0 Å². The molecular weight excluding hydrogens is 192 g/mol. The van der Waals surface area contributed by atoms with Gasteiger partial charge < -0.3 is 10.2 Å². The Morgan fingerprint density at radius 1 is 1.47 bits per heavy atom. The van der Waals surface area contributed by atoms with Gasteiger partial charge in [-0.15, -0.1) is 0 Å². The van der Waals surface area contributed by atoms with Crippen molar-refractivity contribution >= 4 is 11.8 Å². The number of amides is 2. The van der Waals surface area contributed by atoms with Crippen LogP contribution in [-0.2, 0) is 9.59 Å². The molecule has 4 heteroatoms. The topological polar surface area (TPSA) is 49.4 Å². The van der Waals surface area contributed by atoms with Gasteiger partial charge in [0.2, 0.25) is 11.8 Å². The van der Waals surface area contributed by atoms with E-state index >= 15 is 0 Å². The average Bonchev–Trinajstić information content (AvgIpc) is 2.70. The predicted molar refractivity (Wildman–Crippen MR) is 56.2 cm³/mol. The van der Waals surface area contributed by atoms with Crippen LogP contribution in [0.2, 0.25) is 0 Å². The van der Waals surface area contributed by atoms with E-state index in [4.69, 9.17) is 0 Å². The van der Waals surface area contributed by atoms with Crippen molar-refractivity contribution in [1.82, 2.24) is 10.2 Å². The number of nitrogens with zero attached hydrogens (tertiary/aromatic N) is 1. The van der Waals surface area contributed by atoms with Gasteiger partial charge in [-0.1, -0.05) is 19.8 Å². The molecule has 2 rings (SSSR count). The first-order valence-corrected chi connectivity index (χ1v) is 5.85. The smallest absolute Gasteiger partial charge is 0.245 e. The zero-order valence-corrected chi connectivity index (χ0v) is 9.16. The summed E-state index contributed by atoms with van der Waals surface area (Å²) >= 11 is 0. The number of hydrogen-bond donors (Lipinski definition) is 1. The van der Waals surface area contributed by atoms with Gasteiger partial charge in [-0.05, 0) is 19.3 Å². The molecule has 0 aromatic heterocycles. The van der Waals surface area contributed by atoms with Crippen LogP contribution in [0.15, 0.2) is 0 Å². The number of piperazine rings is 1. The normalized spacial score (nSPS) is 30.3. The van der Waals surface area contributed by atoms with Crippen LogP contribution < -0.4 is 5.32 Å². The standard InChI is InChI=1S/C11H18N2O2/c1-2-3-5-8-11(15)13-7-4-6-9(13)10(14)12-8/h8-9H,2-7H2,1H3,(H,12,14)/t8-,9+/m0/s1. The van der Waals surface area contributed by atoms with E-state index in [1.54, 1.807) is 4.90 Å². The summed E-state index contributed by atoms with van der Waals surface area (Å²) in [6.45, 7) is 2.85. The molecule has 2 atom stereocenters. The number of carbonyl (C=O) groups excluding carboxylic acids is 2. The highest BCUT2D eigenvalue weighted by molar-refractivity contribution is 5.97. The highest BCUT2D eigenvalue weighted by Crippen LogP contribution is 2.23. The molecule has 0 unspecified atom stereocenters. The Hall–Kier alpha value is -1.06. The number of hydrogen-bond acceptors (Lipinski definition) is 2. The van der Waals surface area contributed by atoms with Crippen LogP contribution in [-0.4, -0.2) is 35.3 Å². The van der Waals surface area contributed by atoms with E-state index in [1.807, 2.05) is 0 Å². The van der Waals surface area contributed by atoms with Gasteiger partial charge in [0.05, 0.1) is 0 Å². The van der Waals surface area contributed by atoms with Gasteiger partial charge in [-0.25, -0.2) is 0 Å². The Morgan fingerprint density at radius 2 is 2.27 bits per heavy atom. The fraction of sp³-hybridized carbons (Fsp3) is 0.818. The molecule has 0 spiro atoms. The minimum Gasteiger partial charge on any atom is -0.343 e. The van der Waals surface area contributed by atoms with E-state index in [9.17, 15) is 9.59 Å². The Labute approximate surface area is 90.0 Å². The molecule has 4 nitrogen and oxygen atoms in total. The molecule has 2 amide bonds. The van der Waals surface area contributed by atoms with Crippen molar-refractivity contribution in [1.29, 1.82) is 0 Å². The molecule has 2 aliphatic rings. The van der Waals surface area contributed by atoms with Gasteiger partial charge >= 0.3 is 0 Å². The fourth-order valence-corrected chi connectivity index (χ4v) is 2.44. The van der Waals surface area contributed by atoms with E-state index in [0.717, 1.165) is 38.6 Å². The van der Waals surface area contributed by atoms with E-state index < -0.39 is 0 Å². The molecule has 0 saturated carbocycles. The molecule has 0 bridgehead atoms. The SMILES string of the molecule is CCCC[C@@H]1NC(=O)[C@H]2CCCN2C1=O. The fourth-order valence-electron chi connectivity index (χ4n) is 2.44. The molecule has 0 aliphatic carbocycles. The van der Waals surface area contributed by atoms with Crippen LogP contribution >= 0.6 is 0 Å². The van der Waals surface area contributed by atoms with E-state index in [2.05, 4.69) is 12.2 Å². The minimum atomic E-state index is -0.258. The first kappa shape index (κ1) is 10.5.